The van der Waals surface area contributed by atoms with Gasteiger partial charge in [-0.2, -0.15) is 0 Å². The summed E-state index contributed by atoms with van der Waals surface area (Å²) in [4.78, 5) is 28.3. The minimum Gasteiger partial charge on any atom is -0.495 e. The number of nitrogens with one attached hydrogen (secondary N) is 1. The number of benzene rings is 2. The van der Waals surface area contributed by atoms with Crippen molar-refractivity contribution in [2.75, 3.05) is 43.5 Å². The van der Waals surface area contributed by atoms with E-state index < -0.39 is 11.8 Å². The van der Waals surface area contributed by atoms with Gasteiger partial charge in [-0.3, -0.25) is 9.59 Å². The number of ether oxygens (including phenoxy) is 1. The number of carbonyl (C=O) groups is 2. The molecule has 0 radical (unpaired) electrons. The van der Waals surface area contributed by atoms with Crippen molar-refractivity contribution in [3.63, 3.8) is 0 Å². The zero-order valence-electron chi connectivity index (χ0n) is 14.4. The first-order valence-electron chi connectivity index (χ1n) is 8.32. The van der Waals surface area contributed by atoms with Crippen molar-refractivity contribution in [1.82, 2.24) is 4.90 Å². The third kappa shape index (κ3) is 4.16. The van der Waals surface area contributed by atoms with Crippen LogP contribution in [0.4, 0.5) is 11.4 Å². The molecule has 7 heteroatoms. The summed E-state index contributed by atoms with van der Waals surface area (Å²) >= 11 is 3.34. The molecule has 0 spiro atoms. The van der Waals surface area contributed by atoms with Gasteiger partial charge in [0.2, 0.25) is 0 Å². The van der Waals surface area contributed by atoms with Crippen LogP contribution in [0.2, 0.25) is 0 Å². The molecule has 0 unspecified atom stereocenters. The van der Waals surface area contributed by atoms with Crippen molar-refractivity contribution < 1.29 is 14.3 Å². The molecule has 1 saturated heterocycles. The fourth-order valence-electron chi connectivity index (χ4n) is 2.90. The van der Waals surface area contributed by atoms with Gasteiger partial charge in [0.15, 0.2) is 0 Å². The SMILES string of the molecule is COc1ccccc1N1CCN(C(=O)C(=O)Nc2ccc(Br)cc2)CC1. The normalized spacial score (nSPS) is 14.1. The van der Waals surface area contributed by atoms with Gasteiger partial charge >= 0.3 is 11.8 Å². The average molecular weight is 418 g/mol. The lowest BCUT2D eigenvalue weighted by Gasteiger charge is -2.36. The molecular formula is C19H20BrN3O3. The maximum Gasteiger partial charge on any atom is 0.313 e. The number of anilines is 2. The summed E-state index contributed by atoms with van der Waals surface area (Å²) in [7, 11) is 1.64. The molecule has 0 saturated carbocycles. The van der Waals surface area contributed by atoms with E-state index in [1.807, 2.05) is 36.4 Å². The molecule has 0 bridgehead atoms. The van der Waals surface area contributed by atoms with Crippen molar-refractivity contribution in [1.29, 1.82) is 0 Å². The van der Waals surface area contributed by atoms with Gasteiger partial charge in [0.25, 0.3) is 0 Å². The average Bonchev–Trinajstić information content (AvgIpc) is 2.69. The Bertz CT molecular complexity index is 787. The minimum atomic E-state index is -0.613. The smallest absolute Gasteiger partial charge is 0.313 e. The molecule has 1 heterocycles. The van der Waals surface area contributed by atoms with Crippen LogP contribution in [0.25, 0.3) is 0 Å². The van der Waals surface area contributed by atoms with Gasteiger partial charge in [-0.1, -0.05) is 28.1 Å². The molecule has 0 aromatic heterocycles. The number of nitrogens with zero attached hydrogens (tertiary/aromatic N) is 2. The Morgan fingerprint density at radius 1 is 1.00 bits per heavy atom. The lowest BCUT2D eigenvalue weighted by Crippen LogP contribution is -2.51. The molecule has 6 nitrogen and oxygen atoms in total. The van der Waals surface area contributed by atoms with Gasteiger partial charge in [-0.15, -0.1) is 0 Å². The molecule has 3 rings (SSSR count). The van der Waals surface area contributed by atoms with Crippen LogP contribution in [0.15, 0.2) is 53.0 Å². The number of amides is 2. The fourth-order valence-corrected chi connectivity index (χ4v) is 3.17. The van der Waals surface area contributed by atoms with E-state index in [0.717, 1.165) is 15.9 Å². The predicted octanol–water partition coefficient (Wildman–Crippen LogP) is 2.75. The van der Waals surface area contributed by atoms with Gasteiger partial charge < -0.3 is 19.9 Å². The van der Waals surface area contributed by atoms with E-state index >= 15 is 0 Å². The second-order valence-electron chi connectivity index (χ2n) is 5.91. The number of para-hydroxylation sites is 2. The van der Waals surface area contributed by atoms with Crippen molar-refractivity contribution in [2.45, 2.75) is 0 Å². The third-order valence-electron chi connectivity index (χ3n) is 4.29. The Morgan fingerprint density at radius 3 is 2.31 bits per heavy atom. The van der Waals surface area contributed by atoms with E-state index in [1.54, 1.807) is 24.1 Å². The molecule has 0 atom stereocenters. The molecule has 2 aromatic carbocycles. The molecule has 1 N–H and O–H groups in total. The van der Waals surface area contributed by atoms with Gasteiger partial charge in [-0.25, -0.2) is 0 Å². The maximum atomic E-state index is 12.4. The van der Waals surface area contributed by atoms with Gasteiger partial charge in [0.1, 0.15) is 5.75 Å². The lowest BCUT2D eigenvalue weighted by atomic mass is 10.2. The van der Waals surface area contributed by atoms with Gasteiger partial charge in [0, 0.05) is 36.3 Å². The van der Waals surface area contributed by atoms with Crippen molar-refractivity contribution >= 4 is 39.1 Å². The van der Waals surface area contributed by atoms with Crippen LogP contribution < -0.4 is 15.0 Å². The second-order valence-corrected chi connectivity index (χ2v) is 6.83. The molecule has 136 valence electrons. The largest absolute Gasteiger partial charge is 0.495 e. The monoisotopic (exact) mass is 417 g/mol. The van der Waals surface area contributed by atoms with E-state index in [-0.39, 0.29) is 0 Å². The molecule has 2 aromatic rings. The summed E-state index contributed by atoms with van der Waals surface area (Å²) in [5.74, 6) is -0.314. The van der Waals surface area contributed by atoms with E-state index in [2.05, 4.69) is 26.1 Å². The summed E-state index contributed by atoms with van der Waals surface area (Å²) in [6.45, 7) is 2.28. The molecule has 1 fully saturated rings. The fraction of sp³-hybridized carbons (Fsp3) is 0.263. The zero-order valence-corrected chi connectivity index (χ0v) is 16.0. The first-order valence-corrected chi connectivity index (χ1v) is 9.11. The molecule has 26 heavy (non-hydrogen) atoms. The highest BCUT2D eigenvalue weighted by Gasteiger charge is 2.27. The van der Waals surface area contributed by atoms with Crippen LogP contribution in [0, 0.1) is 0 Å². The number of carbonyl (C=O) groups excluding carboxylic acids is 2. The van der Waals surface area contributed by atoms with E-state index in [1.165, 1.54) is 0 Å². The summed E-state index contributed by atoms with van der Waals surface area (Å²) in [5, 5.41) is 2.64. The number of piperazine rings is 1. The first-order chi connectivity index (χ1) is 12.6. The standard InChI is InChI=1S/C19H20BrN3O3/c1-26-17-5-3-2-4-16(17)22-10-12-23(13-11-22)19(25)18(24)21-15-8-6-14(20)7-9-15/h2-9H,10-13H2,1H3,(H,21,24). The van der Waals surface area contributed by atoms with Gasteiger partial charge in [0.05, 0.1) is 12.8 Å². The molecule has 1 aliphatic heterocycles. The number of hydrogen-bond donors (Lipinski definition) is 1. The van der Waals surface area contributed by atoms with Crippen molar-refractivity contribution in [2.24, 2.45) is 0 Å². The van der Waals surface area contributed by atoms with Crippen LogP contribution in [-0.4, -0.2) is 50.0 Å². The summed E-state index contributed by atoms with van der Waals surface area (Å²) in [5.41, 5.74) is 1.60. The van der Waals surface area contributed by atoms with Crippen molar-refractivity contribution in [3.8, 4) is 5.75 Å². The molecular weight excluding hydrogens is 398 g/mol. The minimum absolute atomic E-state index is 0.491. The topological polar surface area (TPSA) is 61.9 Å². The Balaban J connectivity index is 1.58. The Morgan fingerprint density at radius 2 is 1.65 bits per heavy atom. The quantitative estimate of drug-likeness (QED) is 0.779. The molecule has 2 amide bonds. The second kappa shape index (κ2) is 8.23. The number of rotatable bonds is 3. The lowest BCUT2D eigenvalue weighted by molar-refractivity contribution is -0.143. The highest BCUT2D eigenvalue weighted by molar-refractivity contribution is 9.10. The molecule has 1 aliphatic rings. The highest BCUT2D eigenvalue weighted by Crippen LogP contribution is 2.28. The van der Waals surface area contributed by atoms with Crippen molar-refractivity contribution in [3.05, 3.63) is 53.0 Å². The first kappa shape index (κ1) is 18.3. The van der Waals surface area contributed by atoms with Crippen LogP contribution >= 0.6 is 15.9 Å². The van der Waals surface area contributed by atoms with E-state index in [0.29, 0.717) is 31.9 Å². The van der Waals surface area contributed by atoms with Crippen LogP contribution in [0.1, 0.15) is 0 Å². The zero-order chi connectivity index (χ0) is 18.5. The summed E-state index contributed by atoms with van der Waals surface area (Å²) in [6, 6.07) is 14.9. The van der Waals surface area contributed by atoms with E-state index in [9.17, 15) is 9.59 Å². The summed E-state index contributed by atoms with van der Waals surface area (Å²) in [6.07, 6.45) is 0. The highest BCUT2D eigenvalue weighted by atomic mass is 79.9. The number of halogens is 1. The van der Waals surface area contributed by atoms with Crippen LogP contribution in [-0.2, 0) is 9.59 Å². The third-order valence-corrected chi connectivity index (χ3v) is 4.82. The summed E-state index contributed by atoms with van der Waals surface area (Å²) < 4.78 is 6.31. The van der Waals surface area contributed by atoms with Gasteiger partial charge in [-0.05, 0) is 36.4 Å². The van der Waals surface area contributed by atoms with E-state index in [4.69, 9.17) is 4.74 Å². The Hall–Kier alpha value is -2.54. The Labute approximate surface area is 160 Å². The van der Waals surface area contributed by atoms with Crippen LogP contribution in [0.5, 0.6) is 5.75 Å². The Kier molecular flexibility index (Phi) is 5.78. The maximum absolute atomic E-state index is 12.4. The molecule has 0 aliphatic carbocycles. The predicted molar refractivity (Wildman–Crippen MR) is 105 cm³/mol. The number of methoxy groups -OCH3 is 1. The van der Waals surface area contributed by atoms with Crippen LogP contribution in [0.3, 0.4) is 0 Å². The number of hydrogen-bond acceptors (Lipinski definition) is 4.